The van der Waals surface area contributed by atoms with Crippen LogP contribution in [0.3, 0.4) is 0 Å². The van der Waals surface area contributed by atoms with Gasteiger partial charge in [0.25, 0.3) is 0 Å². The van der Waals surface area contributed by atoms with E-state index in [0.29, 0.717) is 23.9 Å². The lowest BCUT2D eigenvalue weighted by Crippen LogP contribution is -2.29. The fraction of sp³-hybridized carbons (Fsp3) is 0.542. The van der Waals surface area contributed by atoms with Gasteiger partial charge in [-0.15, -0.1) is 23.2 Å². The topological polar surface area (TPSA) is 58.6 Å². The first-order valence-corrected chi connectivity index (χ1v) is 12.0. The molecule has 0 atom stereocenters. The molecule has 0 fully saturated rings. The maximum atomic E-state index is 11.8. The number of benzene rings is 1. The van der Waals surface area contributed by atoms with E-state index in [2.05, 4.69) is 23.2 Å². The van der Waals surface area contributed by atoms with Crippen LogP contribution in [0.4, 0.5) is 0 Å². The van der Waals surface area contributed by atoms with Crippen molar-refractivity contribution >= 4 is 45.1 Å². The molecule has 170 valence electrons. The first-order chi connectivity index (χ1) is 15.0. The van der Waals surface area contributed by atoms with E-state index in [-0.39, 0.29) is 5.63 Å². The summed E-state index contributed by atoms with van der Waals surface area (Å²) in [4.78, 5) is 14.1. The van der Waals surface area contributed by atoms with Crippen molar-refractivity contribution < 1.29 is 8.83 Å². The highest BCUT2D eigenvalue weighted by atomic mass is 35.5. The van der Waals surface area contributed by atoms with Crippen LogP contribution in [0.25, 0.3) is 21.9 Å². The molecule has 2 aromatic heterocycles. The van der Waals surface area contributed by atoms with Crippen molar-refractivity contribution in [1.82, 2.24) is 10.2 Å². The normalized spacial score (nSPS) is 11.9. The average molecular weight is 467 g/mol. The van der Waals surface area contributed by atoms with Crippen molar-refractivity contribution in [2.45, 2.75) is 46.6 Å². The van der Waals surface area contributed by atoms with Gasteiger partial charge in [0.2, 0.25) is 0 Å². The van der Waals surface area contributed by atoms with Gasteiger partial charge < -0.3 is 19.1 Å². The highest BCUT2D eigenvalue weighted by Gasteiger charge is 2.17. The molecule has 7 heteroatoms. The second-order valence-electron chi connectivity index (χ2n) is 8.11. The molecule has 1 N–H and O–H groups in total. The predicted molar refractivity (Wildman–Crippen MR) is 130 cm³/mol. The second kappa shape index (κ2) is 11.4. The van der Waals surface area contributed by atoms with Crippen LogP contribution in [0.2, 0.25) is 0 Å². The molecule has 3 aromatic rings. The van der Waals surface area contributed by atoms with E-state index in [0.717, 1.165) is 84.2 Å². The summed E-state index contributed by atoms with van der Waals surface area (Å²) < 4.78 is 11.6. The third-order valence-corrected chi connectivity index (χ3v) is 6.22. The van der Waals surface area contributed by atoms with Crippen molar-refractivity contribution in [3.63, 3.8) is 0 Å². The predicted octanol–water partition coefficient (Wildman–Crippen LogP) is 5.50. The zero-order chi connectivity index (χ0) is 22.4. The van der Waals surface area contributed by atoms with Crippen LogP contribution in [0, 0.1) is 20.8 Å². The Morgan fingerprint density at radius 2 is 1.58 bits per heavy atom. The molecular weight excluding hydrogens is 435 g/mol. The SMILES string of the molecule is Cc1cc(=O)oc2c(C)c3oc(CNCCCCCN(CCCl)CCCl)c(C)c3cc12. The third-order valence-electron chi connectivity index (χ3n) is 5.88. The Kier molecular flexibility index (Phi) is 8.85. The summed E-state index contributed by atoms with van der Waals surface area (Å²) in [5.74, 6) is 2.23. The number of fused-ring (bicyclic) bond motifs is 2. The van der Waals surface area contributed by atoms with Crippen LogP contribution < -0.4 is 10.9 Å². The molecule has 0 aliphatic rings. The van der Waals surface area contributed by atoms with Crippen molar-refractivity contribution in [1.29, 1.82) is 0 Å². The smallest absolute Gasteiger partial charge is 0.336 e. The number of aryl methyl sites for hydroxylation is 3. The maximum Gasteiger partial charge on any atom is 0.336 e. The Labute approximate surface area is 193 Å². The molecule has 0 bridgehead atoms. The fourth-order valence-electron chi connectivity index (χ4n) is 4.06. The van der Waals surface area contributed by atoms with Gasteiger partial charge in [-0.25, -0.2) is 4.79 Å². The number of nitrogens with zero attached hydrogens (tertiary/aromatic N) is 1. The fourth-order valence-corrected chi connectivity index (χ4v) is 4.54. The lowest BCUT2D eigenvalue weighted by Gasteiger charge is -2.19. The van der Waals surface area contributed by atoms with E-state index in [1.807, 2.05) is 13.8 Å². The molecule has 0 aliphatic heterocycles. The number of unbranched alkanes of at least 4 members (excludes halogenated alkanes) is 2. The average Bonchev–Trinajstić information content (AvgIpc) is 3.04. The van der Waals surface area contributed by atoms with Crippen LogP contribution in [0.1, 0.15) is 41.7 Å². The molecule has 5 nitrogen and oxygen atoms in total. The number of halogens is 2. The monoisotopic (exact) mass is 466 g/mol. The van der Waals surface area contributed by atoms with Crippen LogP contribution in [-0.2, 0) is 6.54 Å². The summed E-state index contributed by atoms with van der Waals surface area (Å²) in [7, 11) is 0. The first-order valence-electron chi connectivity index (χ1n) is 11.0. The van der Waals surface area contributed by atoms with Gasteiger partial charge in [0.15, 0.2) is 0 Å². The molecule has 31 heavy (non-hydrogen) atoms. The van der Waals surface area contributed by atoms with E-state index < -0.39 is 0 Å². The van der Waals surface area contributed by atoms with E-state index >= 15 is 0 Å². The minimum Gasteiger partial charge on any atom is -0.459 e. The standard InChI is InChI=1S/C24H32Cl2N2O3/c1-16-13-22(29)31-23-18(3)24-20(14-19(16)23)17(2)21(30-24)15-27-9-5-4-6-10-28(11-7-25)12-8-26/h13-14,27H,4-12,15H2,1-3H3. The van der Waals surface area contributed by atoms with E-state index in [1.54, 1.807) is 0 Å². The van der Waals surface area contributed by atoms with Gasteiger partial charge in [0, 0.05) is 47.3 Å². The highest BCUT2D eigenvalue weighted by Crippen LogP contribution is 2.34. The molecule has 3 rings (SSSR count). The maximum absolute atomic E-state index is 11.8. The molecule has 0 saturated heterocycles. The van der Waals surface area contributed by atoms with Gasteiger partial charge >= 0.3 is 5.63 Å². The zero-order valence-corrected chi connectivity index (χ0v) is 20.2. The second-order valence-corrected chi connectivity index (χ2v) is 8.87. The van der Waals surface area contributed by atoms with Crippen molar-refractivity contribution in [2.24, 2.45) is 0 Å². The first kappa shape index (κ1) is 24.1. The molecule has 0 unspecified atom stereocenters. The van der Waals surface area contributed by atoms with Gasteiger partial charge in [-0.05, 0) is 63.9 Å². The van der Waals surface area contributed by atoms with Crippen LogP contribution in [0.5, 0.6) is 0 Å². The van der Waals surface area contributed by atoms with Gasteiger partial charge in [-0.3, -0.25) is 0 Å². The van der Waals surface area contributed by atoms with Crippen LogP contribution >= 0.6 is 23.2 Å². The van der Waals surface area contributed by atoms with Crippen LogP contribution in [-0.4, -0.2) is 42.8 Å². The van der Waals surface area contributed by atoms with Crippen molar-refractivity contribution in [2.75, 3.05) is 37.9 Å². The van der Waals surface area contributed by atoms with Gasteiger partial charge in [-0.2, -0.15) is 0 Å². The van der Waals surface area contributed by atoms with Gasteiger partial charge in [0.1, 0.15) is 16.9 Å². The zero-order valence-electron chi connectivity index (χ0n) is 18.7. The molecule has 0 aliphatic carbocycles. The van der Waals surface area contributed by atoms with E-state index in [1.165, 1.54) is 6.07 Å². The lowest BCUT2D eigenvalue weighted by atomic mass is 10.0. The van der Waals surface area contributed by atoms with E-state index in [9.17, 15) is 4.79 Å². The molecule has 0 radical (unpaired) electrons. The summed E-state index contributed by atoms with van der Waals surface area (Å²) >= 11 is 11.7. The minimum absolute atomic E-state index is 0.328. The molecule has 1 aromatic carbocycles. The lowest BCUT2D eigenvalue weighted by molar-refractivity contribution is 0.299. The Bertz CT molecular complexity index is 1070. The van der Waals surface area contributed by atoms with Crippen molar-refractivity contribution in [3.8, 4) is 0 Å². The molecular formula is C24H32Cl2N2O3. The quantitative estimate of drug-likeness (QED) is 0.216. The Morgan fingerprint density at radius 1 is 0.871 bits per heavy atom. The summed E-state index contributed by atoms with van der Waals surface area (Å²) in [6.07, 6.45) is 3.42. The summed E-state index contributed by atoms with van der Waals surface area (Å²) in [5, 5.41) is 5.54. The highest BCUT2D eigenvalue weighted by molar-refractivity contribution is 6.18. The minimum atomic E-state index is -0.328. The number of rotatable bonds is 12. The molecule has 0 amide bonds. The number of nitrogens with one attached hydrogen (secondary N) is 1. The molecule has 0 saturated carbocycles. The summed E-state index contributed by atoms with van der Waals surface area (Å²) in [6, 6.07) is 3.61. The van der Waals surface area contributed by atoms with Gasteiger partial charge in [0.05, 0.1) is 6.54 Å². The number of hydrogen-bond acceptors (Lipinski definition) is 5. The Balaban J connectivity index is 1.57. The molecule has 0 spiro atoms. The van der Waals surface area contributed by atoms with Crippen LogP contribution in [0.15, 0.2) is 25.8 Å². The largest absolute Gasteiger partial charge is 0.459 e. The number of alkyl halides is 2. The Morgan fingerprint density at radius 3 is 2.29 bits per heavy atom. The summed E-state index contributed by atoms with van der Waals surface area (Å²) in [6.45, 7) is 10.4. The van der Waals surface area contributed by atoms with Gasteiger partial charge in [-0.1, -0.05) is 6.42 Å². The molecule has 2 heterocycles. The number of hydrogen-bond donors (Lipinski definition) is 1. The summed E-state index contributed by atoms with van der Waals surface area (Å²) in [5.41, 5.74) is 4.02. The van der Waals surface area contributed by atoms with Crippen molar-refractivity contribution in [3.05, 3.63) is 45.0 Å². The number of furan rings is 1. The van der Waals surface area contributed by atoms with E-state index in [4.69, 9.17) is 32.0 Å². The Hall–Kier alpha value is -1.53. The third kappa shape index (κ3) is 5.83.